The van der Waals surface area contributed by atoms with Gasteiger partial charge in [0.05, 0.1) is 5.54 Å². The minimum Gasteiger partial charge on any atom is -0.489 e. The average molecular weight is 369 g/mol. The van der Waals surface area contributed by atoms with Crippen molar-refractivity contribution in [2.45, 2.75) is 36.4 Å². The molecule has 6 heteroatoms. The smallest absolute Gasteiger partial charge is 0.136 e. The molecule has 3 aliphatic rings. The van der Waals surface area contributed by atoms with Gasteiger partial charge >= 0.3 is 0 Å². The summed E-state index contributed by atoms with van der Waals surface area (Å²) in [6, 6.07) is 6.11. The first kappa shape index (κ1) is 14.1. The maximum Gasteiger partial charge on any atom is 0.136 e. The van der Waals surface area contributed by atoms with Crippen LogP contribution >= 0.6 is 27.7 Å². The summed E-state index contributed by atoms with van der Waals surface area (Å²) in [4.78, 5) is 11.8. The van der Waals surface area contributed by atoms with Gasteiger partial charge in [-0.05, 0) is 24.6 Å². The van der Waals surface area contributed by atoms with E-state index < -0.39 is 0 Å². The van der Waals surface area contributed by atoms with Gasteiger partial charge in [-0.25, -0.2) is 0 Å². The van der Waals surface area contributed by atoms with E-state index in [1.165, 1.54) is 5.56 Å². The van der Waals surface area contributed by atoms with Gasteiger partial charge < -0.3 is 10.5 Å². The molecular weight excluding hydrogens is 352 g/mol. The van der Waals surface area contributed by atoms with E-state index in [0.29, 0.717) is 24.5 Å². The third-order valence-corrected chi connectivity index (χ3v) is 6.43. The Balaban J connectivity index is 1.85. The Hall–Kier alpha value is -0.560. The zero-order valence-corrected chi connectivity index (χ0v) is 13.9. The van der Waals surface area contributed by atoms with Crippen molar-refractivity contribution in [2.75, 3.05) is 5.75 Å². The number of Topliss-reactive ketones (excluding diaryl/α,β-unsaturated/α-hetero) is 1. The summed E-state index contributed by atoms with van der Waals surface area (Å²) in [6.45, 7) is 0. The molecule has 4 rings (SSSR count). The largest absolute Gasteiger partial charge is 0.489 e. The van der Waals surface area contributed by atoms with Crippen molar-refractivity contribution in [3.63, 3.8) is 0 Å². The lowest BCUT2D eigenvalue weighted by Crippen LogP contribution is -2.58. The molecule has 3 N–H and O–H groups in total. The van der Waals surface area contributed by atoms with Crippen LogP contribution in [0.4, 0.5) is 0 Å². The normalized spacial score (nSPS) is 38.0. The fourth-order valence-electron chi connectivity index (χ4n) is 3.90. The van der Waals surface area contributed by atoms with Gasteiger partial charge in [0.1, 0.15) is 23.1 Å². The number of fused-ring (bicyclic) bond motifs is 4. The highest BCUT2D eigenvalue weighted by atomic mass is 79.9. The van der Waals surface area contributed by atoms with E-state index in [1.54, 1.807) is 11.8 Å². The molecule has 2 aliphatic heterocycles. The van der Waals surface area contributed by atoms with Crippen LogP contribution in [0.5, 0.6) is 5.75 Å². The van der Waals surface area contributed by atoms with Gasteiger partial charge in [-0.1, -0.05) is 15.9 Å². The second kappa shape index (κ2) is 4.98. The number of thioether (sulfide) groups is 1. The number of benzene rings is 1. The molecule has 1 aromatic rings. The number of carbonyl (C=O) groups excluding carboxylic acids is 1. The Morgan fingerprint density at radius 2 is 2.33 bits per heavy atom. The van der Waals surface area contributed by atoms with Crippen LogP contribution in [-0.4, -0.2) is 23.1 Å². The van der Waals surface area contributed by atoms with Crippen LogP contribution in [0.15, 0.2) is 22.7 Å². The number of ether oxygens (including phenoxy) is 1. The second-order valence-corrected chi connectivity index (χ2v) is 8.08. The lowest BCUT2D eigenvalue weighted by molar-refractivity contribution is -0.126. The first-order valence-corrected chi connectivity index (χ1v) is 9.06. The van der Waals surface area contributed by atoms with Gasteiger partial charge in [0, 0.05) is 34.5 Å². The molecule has 112 valence electrons. The molecule has 4 atom stereocenters. The second-order valence-electron chi connectivity index (χ2n) is 6.03. The highest BCUT2D eigenvalue weighted by molar-refractivity contribution is 9.10. The SMILES string of the molecule is NC1NC2(CS1)c1cc(Br)ccc1OC1CC(=O)CCC12. The molecule has 1 aliphatic carbocycles. The highest BCUT2D eigenvalue weighted by Gasteiger charge is 2.54. The number of hydrogen-bond donors (Lipinski definition) is 2. The van der Waals surface area contributed by atoms with Crippen LogP contribution in [-0.2, 0) is 10.3 Å². The summed E-state index contributed by atoms with van der Waals surface area (Å²) in [5.41, 5.74) is 7.06. The van der Waals surface area contributed by atoms with Gasteiger partial charge in [-0.3, -0.25) is 10.1 Å². The number of halogens is 1. The Labute approximate surface area is 136 Å². The lowest BCUT2D eigenvalue weighted by atomic mass is 9.68. The number of nitrogens with two attached hydrogens (primary N) is 1. The molecule has 1 aromatic carbocycles. The van der Waals surface area contributed by atoms with E-state index in [4.69, 9.17) is 10.5 Å². The maximum atomic E-state index is 11.8. The quantitative estimate of drug-likeness (QED) is 0.735. The van der Waals surface area contributed by atoms with E-state index in [-0.39, 0.29) is 17.1 Å². The maximum absolute atomic E-state index is 11.8. The van der Waals surface area contributed by atoms with Crippen molar-refractivity contribution in [2.24, 2.45) is 11.7 Å². The molecular formula is C15H17BrN2O2S. The minimum atomic E-state index is -0.174. The van der Waals surface area contributed by atoms with Gasteiger partial charge in [0.2, 0.25) is 0 Å². The summed E-state index contributed by atoms with van der Waals surface area (Å²) in [5.74, 6) is 2.42. The Morgan fingerprint density at radius 3 is 3.10 bits per heavy atom. The van der Waals surface area contributed by atoms with Crippen molar-refractivity contribution < 1.29 is 9.53 Å². The number of hydrogen-bond acceptors (Lipinski definition) is 5. The monoisotopic (exact) mass is 368 g/mol. The van der Waals surface area contributed by atoms with Crippen molar-refractivity contribution in [1.82, 2.24) is 5.32 Å². The number of rotatable bonds is 0. The molecule has 0 bridgehead atoms. The van der Waals surface area contributed by atoms with Gasteiger partial charge in [-0.2, -0.15) is 0 Å². The third kappa shape index (κ3) is 2.15. The Kier molecular flexibility index (Phi) is 3.33. The Morgan fingerprint density at radius 1 is 1.48 bits per heavy atom. The number of nitrogens with one attached hydrogen (secondary N) is 1. The summed E-state index contributed by atoms with van der Waals surface area (Å²) in [6.07, 6.45) is 2.01. The molecule has 4 unspecified atom stereocenters. The standard InChI is InChI=1S/C15H17BrN2O2S/c16-8-1-4-12-11(5-8)15(7-21-14(17)18-15)10-3-2-9(19)6-13(10)20-12/h1,4-5,10,13-14,18H,2-3,6-7,17H2. The summed E-state index contributed by atoms with van der Waals surface area (Å²) >= 11 is 5.30. The summed E-state index contributed by atoms with van der Waals surface area (Å²) < 4.78 is 7.19. The lowest BCUT2D eigenvalue weighted by Gasteiger charge is -2.48. The molecule has 0 amide bonds. The predicted octanol–water partition coefficient (Wildman–Crippen LogP) is 2.35. The number of carbonyl (C=O) groups is 1. The molecule has 2 fully saturated rings. The van der Waals surface area contributed by atoms with Crippen LogP contribution < -0.4 is 15.8 Å². The van der Waals surface area contributed by atoms with Crippen LogP contribution in [0.25, 0.3) is 0 Å². The highest BCUT2D eigenvalue weighted by Crippen LogP contribution is 2.52. The van der Waals surface area contributed by atoms with Crippen molar-refractivity contribution in [1.29, 1.82) is 0 Å². The first-order valence-electron chi connectivity index (χ1n) is 7.22. The fraction of sp³-hybridized carbons (Fsp3) is 0.533. The van der Waals surface area contributed by atoms with Crippen molar-refractivity contribution >= 4 is 33.5 Å². The first-order chi connectivity index (χ1) is 10.1. The molecule has 0 aromatic heterocycles. The molecule has 0 radical (unpaired) electrons. The minimum absolute atomic E-state index is 0.0293. The topological polar surface area (TPSA) is 64.3 Å². The molecule has 4 nitrogen and oxygen atoms in total. The fourth-order valence-corrected chi connectivity index (χ4v) is 5.45. The van der Waals surface area contributed by atoms with E-state index in [0.717, 1.165) is 22.4 Å². The third-order valence-electron chi connectivity index (χ3n) is 4.84. The van der Waals surface area contributed by atoms with Crippen molar-refractivity contribution in [3.05, 3.63) is 28.2 Å². The predicted molar refractivity (Wildman–Crippen MR) is 86.2 cm³/mol. The van der Waals surface area contributed by atoms with Crippen molar-refractivity contribution in [3.8, 4) is 5.75 Å². The molecule has 2 heterocycles. The van der Waals surface area contributed by atoms with Gasteiger partial charge in [-0.15, -0.1) is 11.8 Å². The van der Waals surface area contributed by atoms with E-state index in [2.05, 4.69) is 27.3 Å². The van der Waals surface area contributed by atoms with E-state index in [1.807, 2.05) is 12.1 Å². The Bertz CT molecular complexity index is 611. The van der Waals surface area contributed by atoms with Gasteiger partial charge in [0.25, 0.3) is 0 Å². The summed E-state index contributed by atoms with van der Waals surface area (Å²) in [7, 11) is 0. The van der Waals surface area contributed by atoms with Crippen LogP contribution in [0, 0.1) is 5.92 Å². The van der Waals surface area contributed by atoms with Crippen LogP contribution in [0.3, 0.4) is 0 Å². The van der Waals surface area contributed by atoms with Crippen LogP contribution in [0.1, 0.15) is 24.8 Å². The molecule has 1 spiro atoms. The van der Waals surface area contributed by atoms with Gasteiger partial charge in [0.15, 0.2) is 0 Å². The number of ketones is 1. The van der Waals surface area contributed by atoms with Crippen LogP contribution in [0.2, 0.25) is 0 Å². The van der Waals surface area contributed by atoms with E-state index >= 15 is 0 Å². The zero-order chi connectivity index (χ0) is 14.6. The zero-order valence-electron chi connectivity index (χ0n) is 11.5. The van der Waals surface area contributed by atoms with E-state index in [9.17, 15) is 4.79 Å². The molecule has 1 saturated carbocycles. The average Bonchev–Trinajstić information content (AvgIpc) is 2.83. The molecule has 21 heavy (non-hydrogen) atoms. The summed E-state index contributed by atoms with van der Waals surface area (Å²) in [5, 5.41) is 3.60. The molecule has 1 saturated heterocycles.